The molecule has 1 amide bonds. The molecular formula is C18H21FN2O2. The van der Waals surface area contributed by atoms with Crippen LogP contribution in [0.3, 0.4) is 0 Å². The molecule has 0 aliphatic carbocycles. The summed E-state index contributed by atoms with van der Waals surface area (Å²) in [5.41, 5.74) is 1.45. The molecule has 5 heteroatoms. The number of ether oxygens (including phenoxy) is 1. The van der Waals surface area contributed by atoms with E-state index in [1.165, 1.54) is 17.8 Å². The van der Waals surface area contributed by atoms with Crippen LogP contribution in [0.15, 0.2) is 42.7 Å². The molecule has 0 spiro atoms. The summed E-state index contributed by atoms with van der Waals surface area (Å²) < 4.78 is 18.3. The molecular weight excluding hydrogens is 295 g/mol. The molecule has 2 rings (SSSR count). The van der Waals surface area contributed by atoms with E-state index in [1.807, 2.05) is 24.3 Å². The van der Waals surface area contributed by atoms with Crippen LogP contribution in [0.1, 0.15) is 22.8 Å². The minimum absolute atomic E-state index is 0.224. The number of halogens is 1. The largest absolute Gasteiger partial charge is 0.497 e. The van der Waals surface area contributed by atoms with Crippen LogP contribution in [-0.4, -0.2) is 36.5 Å². The predicted molar refractivity (Wildman–Crippen MR) is 87.0 cm³/mol. The number of amides is 1. The summed E-state index contributed by atoms with van der Waals surface area (Å²) in [4.78, 5) is 17.6. The van der Waals surface area contributed by atoms with Gasteiger partial charge in [0.1, 0.15) is 11.6 Å². The van der Waals surface area contributed by atoms with Gasteiger partial charge in [0.25, 0.3) is 5.91 Å². The number of rotatable bonds is 6. The van der Waals surface area contributed by atoms with Gasteiger partial charge in [-0.05, 0) is 36.1 Å². The van der Waals surface area contributed by atoms with Gasteiger partial charge in [-0.3, -0.25) is 9.78 Å². The molecule has 23 heavy (non-hydrogen) atoms. The van der Waals surface area contributed by atoms with Gasteiger partial charge in [0.15, 0.2) is 0 Å². The smallest absolute Gasteiger partial charge is 0.255 e. The van der Waals surface area contributed by atoms with E-state index in [0.717, 1.165) is 18.4 Å². The minimum atomic E-state index is -0.504. The molecule has 0 unspecified atom stereocenters. The lowest BCUT2D eigenvalue weighted by Gasteiger charge is -2.21. The lowest BCUT2D eigenvalue weighted by atomic mass is 10.0. The van der Waals surface area contributed by atoms with Gasteiger partial charge in [-0.2, -0.15) is 0 Å². The molecule has 0 fully saturated rings. The van der Waals surface area contributed by atoms with E-state index < -0.39 is 5.82 Å². The SMILES string of the molecule is COc1ccc(C[C@@H](C)CN(C)C(=O)c2cncc(F)c2)cc1. The second kappa shape index (κ2) is 7.72. The van der Waals surface area contributed by atoms with Crippen LogP contribution in [0.2, 0.25) is 0 Å². The van der Waals surface area contributed by atoms with E-state index in [2.05, 4.69) is 11.9 Å². The summed E-state index contributed by atoms with van der Waals surface area (Å²) in [6, 6.07) is 9.10. The molecule has 122 valence electrons. The normalized spacial score (nSPS) is 11.8. The zero-order valence-electron chi connectivity index (χ0n) is 13.6. The fraction of sp³-hybridized carbons (Fsp3) is 0.333. The van der Waals surface area contributed by atoms with Gasteiger partial charge in [-0.1, -0.05) is 19.1 Å². The number of hydrogen-bond donors (Lipinski definition) is 0. The van der Waals surface area contributed by atoms with E-state index in [4.69, 9.17) is 4.74 Å². The molecule has 0 saturated heterocycles. The Morgan fingerprint density at radius 3 is 2.61 bits per heavy atom. The van der Waals surface area contributed by atoms with E-state index in [0.29, 0.717) is 6.54 Å². The molecule has 0 bridgehead atoms. The fourth-order valence-corrected chi connectivity index (χ4v) is 2.53. The Hall–Kier alpha value is -2.43. The molecule has 0 aliphatic rings. The number of pyridine rings is 1. The molecule has 0 radical (unpaired) electrons. The average molecular weight is 316 g/mol. The lowest BCUT2D eigenvalue weighted by molar-refractivity contribution is 0.0774. The maximum atomic E-state index is 13.2. The standard InChI is InChI=1S/C18H21FN2O2/c1-13(8-14-4-6-17(23-3)7-5-14)12-21(2)18(22)15-9-16(19)11-20-10-15/h4-7,9-11,13H,8,12H2,1-3H3/t13-/m1/s1. The van der Waals surface area contributed by atoms with Crippen LogP contribution < -0.4 is 4.74 Å². The zero-order valence-corrected chi connectivity index (χ0v) is 13.6. The van der Waals surface area contributed by atoms with Crippen molar-refractivity contribution in [2.45, 2.75) is 13.3 Å². The number of aromatic nitrogens is 1. The number of benzene rings is 1. The van der Waals surface area contributed by atoms with Crippen LogP contribution in [-0.2, 0) is 6.42 Å². The van der Waals surface area contributed by atoms with Crippen molar-refractivity contribution in [2.24, 2.45) is 5.92 Å². The molecule has 4 nitrogen and oxygen atoms in total. The third kappa shape index (κ3) is 4.77. The Labute approximate surface area is 135 Å². The Balaban J connectivity index is 1.93. The summed E-state index contributed by atoms with van der Waals surface area (Å²) in [7, 11) is 3.36. The van der Waals surface area contributed by atoms with Gasteiger partial charge in [0.05, 0.1) is 18.9 Å². The first-order valence-electron chi connectivity index (χ1n) is 7.48. The molecule has 0 saturated carbocycles. The number of carbonyl (C=O) groups excluding carboxylic acids is 1. The first-order valence-corrected chi connectivity index (χ1v) is 7.48. The van der Waals surface area contributed by atoms with Crippen LogP contribution in [0.5, 0.6) is 5.75 Å². The first kappa shape index (κ1) is 16.9. The van der Waals surface area contributed by atoms with E-state index in [9.17, 15) is 9.18 Å². The highest BCUT2D eigenvalue weighted by atomic mass is 19.1. The van der Waals surface area contributed by atoms with E-state index in [-0.39, 0.29) is 17.4 Å². The monoisotopic (exact) mass is 316 g/mol. The van der Waals surface area contributed by atoms with Crippen LogP contribution >= 0.6 is 0 Å². The van der Waals surface area contributed by atoms with E-state index in [1.54, 1.807) is 19.1 Å². The third-order valence-electron chi connectivity index (χ3n) is 3.63. The van der Waals surface area contributed by atoms with Crippen LogP contribution in [0.25, 0.3) is 0 Å². The zero-order chi connectivity index (χ0) is 16.8. The Bertz CT molecular complexity index is 658. The summed E-state index contributed by atoms with van der Waals surface area (Å²) in [6.07, 6.45) is 3.32. The quantitative estimate of drug-likeness (QED) is 0.822. The van der Waals surface area contributed by atoms with Crippen molar-refractivity contribution in [3.8, 4) is 5.75 Å². The van der Waals surface area contributed by atoms with Gasteiger partial charge in [-0.15, -0.1) is 0 Å². The van der Waals surface area contributed by atoms with Crippen molar-refractivity contribution in [1.29, 1.82) is 0 Å². The topological polar surface area (TPSA) is 42.4 Å². The predicted octanol–water partition coefficient (Wildman–Crippen LogP) is 3.18. The fourth-order valence-electron chi connectivity index (χ4n) is 2.53. The Kier molecular flexibility index (Phi) is 5.68. The molecule has 0 aliphatic heterocycles. The lowest BCUT2D eigenvalue weighted by Crippen LogP contribution is -2.31. The second-order valence-corrected chi connectivity index (χ2v) is 5.73. The number of methoxy groups -OCH3 is 1. The molecule has 2 aromatic rings. The van der Waals surface area contributed by atoms with Gasteiger partial charge in [-0.25, -0.2) is 4.39 Å². The van der Waals surface area contributed by atoms with Gasteiger partial charge < -0.3 is 9.64 Å². The molecule has 1 atom stereocenters. The summed E-state index contributed by atoms with van der Waals surface area (Å²) >= 11 is 0. The summed E-state index contributed by atoms with van der Waals surface area (Å²) in [6.45, 7) is 2.67. The summed E-state index contributed by atoms with van der Waals surface area (Å²) in [5, 5.41) is 0. The van der Waals surface area contributed by atoms with Gasteiger partial charge >= 0.3 is 0 Å². The second-order valence-electron chi connectivity index (χ2n) is 5.73. The Morgan fingerprint density at radius 2 is 2.00 bits per heavy atom. The van der Waals surface area contributed by atoms with E-state index >= 15 is 0 Å². The van der Waals surface area contributed by atoms with Crippen molar-refractivity contribution in [1.82, 2.24) is 9.88 Å². The van der Waals surface area contributed by atoms with Gasteiger partial charge in [0, 0.05) is 19.8 Å². The summed E-state index contributed by atoms with van der Waals surface area (Å²) in [5.74, 6) is 0.375. The van der Waals surface area contributed by atoms with Gasteiger partial charge in [0.2, 0.25) is 0 Å². The van der Waals surface area contributed by atoms with Crippen molar-refractivity contribution in [3.63, 3.8) is 0 Å². The first-order chi connectivity index (χ1) is 11.0. The number of nitrogens with zero attached hydrogens (tertiary/aromatic N) is 2. The van der Waals surface area contributed by atoms with Crippen molar-refractivity contribution >= 4 is 5.91 Å². The highest BCUT2D eigenvalue weighted by Crippen LogP contribution is 2.15. The number of hydrogen-bond acceptors (Lipinski definition) is 3. The average Bonchev–Trinajstić information content (AvgIpc) is 2.54. The highest BCUT2D eigenvalue weighted by molar-refractivity contribution is 5.93. The maximum Gasteiger partial charge on any atom is 0.255 e. The Morgan fingerprint density at radius 1 is 1.30 bits per heavy atom. The third-order valence-corrected chi connectivity index (χ3v) is 3.63. The molecule has 1 aromatic carbocycles. The molecule has 0 N–H and O–H groups in total. The van der Waals surface area contributed by atoms with Crippen LogP contribution in [0, 0.1) is 11.7 Å². The minimum Gasteiger partial charge on any atom is -0.497 e. The number of carbonyl (C=O) groups is 1. The molecule has 1 aromatic heterocycles. The van der Waals surface area contributed by atoms with Crippen molar-refractivity contribution in [2.75, 3.05) is 20.7 Å². The van der Waals surface area contributed by atoms with Crippen molar-refractivity contribution < 1.29 is 13.9 Å². The molecule has 1 heterocycles. The highest BCUT2D eigenvalue weighted by Gasteiger charge is 2.15. The van der Waals surface area contributed by atoms with Crippen LogP contribution in [0.4, 0.5) is 4.39 Å². The maximum absolute atomic E-state index is 13.2. The van der Waals surface area contributed by atoms with Crippen molar-refractivity contribution in [3.05, 3.63) is 59.7 Å².